The first-order valence-electron chi connectivity index (χ1n) is 7.39. The van der Waals surface area contributed by atoms with Gasteiger partial charge in [0.05, 0.1) is 6.04 Å². The van der Waals surface area contributed by atoms with Gasteiger partial charge in [0, 0.05) is 13.1 Å². The van der Waals surface area contributed by atoms with E-state index >= 15 is 0 Å². The van der Waals surface area contributed by atoms with Crippen molar-refractivity contribution in [3.05, 3.63) is 35.9 Å². The number of hydrogen-bond donors (Lipinski definition) is 2. The molecule has 1 unspecified atom stereocenters. The second-order valence-corrected chi connectivity index (χ2v) is 5.27. The lowest BCUT2D eigenvalue weighted by molar-refractivity contribution is 0.676. The Morgan fingerprint density at radius 3 is 2.68 bits per heavy atom. The quantitative estimate of drug-likeness (QED) is 0.608. The van der Waals surface area contributed by atoms with Crippen LogP contribution in [0.5, 0.6) is 0 Å². The van der Waals surface area contributed by atoms with Gasteiger partial charge in [0.1, 0.15) is 0 Å². The molecule has 0 saturated heterocycles. The molecule has 1 aliphatic rings. The maximum Gasteiger partial charge on any atom is 0.191 e. The highest BCUT2D eigenvalue weighted by atomic mass is 15.2. The highest BCUT2D eigenvalue weighted by molar-refractivity contribution is 5.80. The second kappa shape index (κ2) is 7.17. The summed E-state index contributed by atoms with van der Waals surface area (Å²) < 4.78 is 0. The molecule has 0 spiro atoms. The molecule has 3 heteroatoms. The fourth-order valence-electron chi connectivity index (χ4n) is 2.12. The number of hydrogen-bond acceptors (Lipinski definition) is 1. The van der Waals surface area contributed by atoms with E-state index in [0.717, 1.165) is 25.0 Å². The van der Waals surface area contributed by atoms with Crippen molar-refractivity contribution < 1.29 is 0 Å². The van der Waals surface area contributed by atoms with Crippen LogP contribution in [0, 0.1) is 5.92 Å². The highest BCUT2D eigenvalue weighted by Crippen LogP contribution is 2.32. The first-order valence-corrected chi connectivity index (χ1v) is 7.39. The molecule has 0 radical (unpaired) electrons. The summed E-state index contributed by atoms with van der Waals surface area (Å²) in [4.78, 5) is 4.65. The number of guanidine groups is 1. The lowest BCUT2D eigenvalue weighted by atomic mass is 10.1. The van der Waals surface area contributed by atoms with E-state index in [4.69, 9.17) is 0 Å². The summed E-state index contributed by atoms with van der Waals surface area (Å²) in [5, 5.41) is 6.78. The van der Waals surface area contributed by atoms with Crippen LogP contribution >= 0.6 is 0 Å². The van der Waals surface area contributed by atoms with Crippen molar-refractivity contribution in [3.63, 3.8) is 0 Å². The molecule has 0 heterocycles. The van der Waals surface area contributed by atoms with Crippen molar-refractivity contribution in [3.8, 4) is 0 Å². The van der Waals surface area contributed by atoms with Gasteiger partial charge in [-0.3, -0.25) is 4.99 Å². The van der Waals surface area contributed by atoms with Crippen LogP contribution in [0.1, 0.15) is 44.7 Å². The molecule has 0 aliphatic heterocycles. The van der Waals surface area contributed by atoms with Crippen LogP contribution in [0.4, 0.5) is 0 Å². The van der Waals surface area contributed by atoms with Crippen LogP contribution in [-0.4, -0.2) is 19.0 Å². The summed E-state index contributed by atoms with van der Waals surface area (Å²) in [5.74, 6) is 1.87. The Labute approximate surface area is 116 Å². The van der Waals surface area contributed by atoms with Crippen LogP contribution in [-0.2, 0) is 0 Å². The van der Waals surface area contributed by atoms with E-state index in [9.17, 15) is 0 Å². The minimum Gasteiger partial charge on any atom is -0.357 e. The number of nitrogens with one attached hydrogen (secondary N) is 2. The van der Waals surface area contributed by atoms with E-state index in [1.807, 2.05) is 6.07 Å². The van der Waals surface area contributed by atoms with Crippen molar-refractivity contribution in [2.45, 2.75) is 39.2 Å². The third-order valence-electron chi connectivity index (χ3n) is 3.50. The lowest BCUT2D eigenvalue weighted by Crippen LogP contribution is -2.38. The Kier molecular flexibility index (Phi) is 5.25. The largest absolute Gasteiger partial charge is 0.357 e. The smallest absolute Gasteiger partial charge is 0.191 e. The topological polar surface area (TPSA) is 36.4 Å². The van der Waals surface area contributed by atoms with Crippen molar-refractivity contribution in [2.24, 2.45) is 10.9 Å². The predicted molar refractivity (Wildman–Crippen MR) is 81.3 cm³/mol. The van der Waals surface area contributed by atoms with E-state index in [0.29, 0.717) is 0 Å². The van der Waals surface area contributed by atoms with Gasteiger partial charge in [-0.05, 0) is 31.7 Å². The molecule has 1 atom stereocenters. The summed E-state index contributed by atoms with van der Waals surface area (Å²) in [7, 11) is 0. The van der Waals surface area contributed by atoms with E-state index < -0.39 is 0 Å². The number of nitrogens with zero attached hydrogens (tertiary/aromatic N) is 1. The van der Waals surface area contributed by atoms with Crippen molar-refractivity contribution in [2.75, 3.05) is 13.1 Å². The average molecular weight is 259 g/mol. The van der Waals surface area contributed by atoms with Crippen LogP contribution < -0.4 is 10.6 Å². The maximum absolute atomic E-state index is 4.65. The molecule has 1 aliphatic carbocycles. The molecular weight excluding hydrogens is 234 g/mol. The van der Waals surface area contributed by atoms with E-state index in [1.54, 1.807) is 0 Å². The van der Waals surface area contributed by atoms with Gasteiger partial charge in [0.25, 0.3) is 0 Å². The molecule has 1 fully saturated rings. The molecule has 0 aromatic heterocycles. The van der Waals surface area contributed by atoms with Gasteiger partial charge < -0.3 is 10.6 Å². The summed E-state index contributed by atoms with van der Waals surface area (Å²) in [6.07, 6.45) is 4.04. The monoisotopic (exact) mass is 259 g/mol. The van der Waals surface area contributed by atoms with Gasteiger partial charge in [0.15, 0.2) is 5.96 Å². The van der Waals surface area contributed by atoms with Gasteiger partial charge in [-0.1, -0.05) is 43.2 Å². The van der Waals surface area contributed by atoms with Gasteiger partial charge >= 0.3 is 0 Å². The Hall–Kier alpha value is -1.51. The second-order valence-electron chi connectivity index (χ2n) is 5.27. The molecule has 19 heavy (non-hydrogen) atoms. The van der Waals surface area contributed by atoms with Crippen LogP contribution in [0.2, 0.25) is 0 Å². The minimum absolute atomic E-state index is 0.278. The van der Waals surface area contributed by atoms with Crippen LogP contribution in [0.25, 0.3) is 0 Å². The van der Waals surface area contributed by atoms with Crippen molar-refractivity contribution >= 4 is 5.96 Å². The molecule has 0 amide bonds. The third-order valence-corrected chi connectivity index (χ3v) is 3.50. The zero-order valence-electron chi connectivity index (χ0n) is 12.0. The van der Waals surface area contributed by atoms with Crippen LogP contribution in [0.15, 0.2) is 35.3 Å². The Bertz CT molecular complexity index is 396. The molecule has 1 saturated carbocycles. The molecular formula is C16H25N3. The lowest BCUT2D eigenvalue weighted by Gasteiger charge is -2.18. The standard InChI is InChI=1S/C16H25N3/c1-3-17-16(18-12-11-14-9-10-14)19-13(2)15-7-5-4-6-8-15/h4-8,13-14H,3,9-12H2,1-2H3,(H2,17,18,19). The SMILES string of the molecule is CCNC(=NCCC1CC1)NC(C)c1ccccc1. The fourth-order valence-corrected chi connectivity index (χ4v) is 2.12. The first-order chi connectivity index (χ1) is 9.29. The van der Waals surface area contributed by atoms with E-state index in [1.165, 1.54) is 24.8 Å². The average Bonchev–Trinajstić information content (AvgIpc) is 3.24. The molecule has 3 nitrogen and oxygen atoms in total. The van der Waals surface area contributed by atoms with Gasteiger partial charge in [-0.25, -0.2) is 0 Å². The third kappa shape index (κ3) is 4.93. The number of aliphatic imine (C=N–C) groups is 1. The zero-order chi connectivity index (χ0) is 13.5. The Balaban J connectivity index is 1.87. The zero-order valence-corrected chi connectivity index (χ0v) is 12.0. The van der Waals surface area contributed by atoms with E-state index in [-0.39, 0.29) is 6.04 Å². The van der Waals surface area contributed by atoms with Crippen LogP contribution in [0.3, 0.4) is 0 Å². The normalized spacial score (nSPS) is 17.1. The molecule has 2 rings (SSSR count). The summed E-state index contributed by atoms with van der Waals surface area (Å²) in [6, 6.07) is 10.8. The van der Waals surface area contributed by atoms with Gasteiger partial charge in [-0.2, -0.15) is 0 Å². The fraction of sp³-hybridized carbons (Fsp3) is 0.562. The molecule has 1 aromatic rings. The van der Waals surface area contributed by atoms with Crippen molar-refractivity contribution in [1.29, 1.82) is 0 Å². The summed E-state index contributed by atoms with van der Waals surface area (Å²) >= 11 is 0. The first kappa shape index (κ1) is 13.9. The molecule has 0 bridgehead atoms. The Morgan fingerprint density at radius 2 is 2.05 bits per heavy atom. The highest BCUT2D eigenvalue weighted by Gasteiger charge is 2.20. The summed E-state index contributed by atoms with van der Waals surface area (Å²) in [6.45, 7) is 6.10. The number of rotatable bonds is 6. The van der Waals surface area contributed by atoms with E-state index in [2.05, 4.69) is 53.7 Å². The molecule has 1 aromatic carbocycles. The maximum atomic E-state index is 4.65. The van der Waals surface area contributed by atoms with Gasteiger partial charge in [0.2, 0.25) is 0 Å². The minimum atomic E-state index is 0.278. The molecule has 104 valence electrons. The van der Waals surface area contributed by atoms with Gasteiger partial charge in [-0.15, -0.1) is 0 Å². The predicted octanol–water partition coefficient (Wildman–Crippen LogP) is 3.10. The number of benzene rings is 1. The Morgan fingerprint density at radius 1 is 1.32 bits per heavy atom. The van der Waals surface area contributed by atoms with Crippen molar-refractivity contribution in [1.82, 2.24) is 10.6 Å². The molecule has 2 N–H and O–H groups in total. The summed E-state index contributed by atoms with van der Waals surface area (Å²) in [5.41, 5.74) is 1.29.